The maximum absolute atomic E-state index is 12.4. The molecule has 3 atom stereocenters. The number of carbonyl (C=O) groups excluding carboxylic acids is 1. The molecule has 22 heavy (non-hydrogen) atoms. The Morgan fingerprint density at radius 1 is 1.41 bits per heavy atom. The van der Waals surface area contributed by atoms with Crippen LogP contribution in [0.5, 0.6) is 0 Å². The molecule has 0 saturated heterocycles. The molecular formula is C18H23N3O. The number of nitrogens with one attached hydrogen (secondary N) is 1. The molecule has 0 bridgehead atoms. The van der Waals surface area contributed by atoms with Crippen molar-refractivity contribution in [2.24, 2.45) is 5.92 Å². The lowest BCUT2D eigenvalue weighted by Gasteiger charge is -2.13. The van der Waals surface area contributed by atoms with Crippen LogP contribution in [0.4, 0.5) is 0 Å². The summed E-state index contributed by atoms with van der Waals surface area (Å²) in [6.45, 7) is 6.93. The van der Waals surface area contributed by atoms with E-state index in [2.05, 4.69) is 29.5 Å². The smallest absolute Gasteiger partial charge is 0.224 e. The Morgan fingerprint density at radius 2 is 2.14 bits per heavy atom. The largest absolute Gasteiger partial charge is 0.349 e. The first-order valence-corrected chi connectivity index (χ1v) is 7.99. The normalized spacial score (nSPS) is 21.4. The van der Waals surface area contributed by atoms with Crippen molar-refractivity contribution in [3.05, 3.63) is 53.3 Å². The predicted molar refractivity (Wildman–Crippen MR) is 86.5 cm³/mol. The number of aryl methyl sites for hydroxylation is 2. The van der Waals surface area contributed by atoms with Gasteiger partial charge in [0.25, 0.3) is 0 Å². The summed E-state index contributed by atoms with van der Waals surface area (Å²) in [7, 11) is 0. The molecule has 3 rings (SSSR count). The van der Waals surface area contributed by atoms with Crippen molar-refractivity contribution < 1.29 is 4.79 Å². The fourth-order valence-corrected chi connectivity index (χ4v) is 3.07. The fraction of sp³-hybridized carbons (Fsp3) is 0.444. The lowest BCUT2D eigenvalue weighted by molar-refractivity contribution is -0.123. The van der Waals surface area contributed by atoms with Crippen LogP contribution in [0.15, 0.2) is 36.5 Å². The fourth-order valence-electron chi connectivity index (χ4n) is 3.07. The molecule has 116 valence electrons. The van der Waals surface area contributed by atoms with E-state index in [4.69, 9.17) is 0 Å². The molecular weight excluding hydrogens is 274 g/mol. The van der Waals surface area contributed by atoms with Crippen molar-refractivity contribution in [3.8, 4) is 0 Å². The molecule has 0 spiro atoms. The average molecular weight is 297 g/mol. The Bertz CT molecular complexity index is 662. The Morgan fingerprint density at radius 3 is 2.77 bits per heavy atom. The molecule has 1 amide bonds. The van der Waals surface area contributed by atoms with Crippen LogP contribution >= 0.6 is 0 Å². The highest BCUT2D eigenvalue weighted by Crippen LogP contribution is 2.47. The minimum absolute atomic E-state index is 0.00447. The van der Waals surface area contributed by atoms with Gasteiger partial charge in [-0.15, -0.1) is 0 Å². The lowest BCUT2D eigenvalue weighted by Crippen LogP contribution is -2.28. The van der Waals surface area contributed by atoms with Crippen molar-refractivity contribution in [2.75, 3.05) is 0 Å². The SMILES string of the molecule is CCn1cc(C(C)NC(=O)C2CC2c2ccccc2)c(C)n1. The monoisotopic (exact) mass is 297 g/mol. The molecule has 1 aromatic carbocycles. The summed E-state index contributed by atoms with van der Waals surface area (Å²) in [4.78, 5) is 12.4. The molecule has 1 aromatic heterocycles. The van der Waals surface area contributed by atoms with Crippen LogP contribution in [0.3, 0.4) is 0 Å². The molecule has 4 nitrogen and oxygen atoms in total. The van der Waals surface area contributed by atoms with Crippen LogP contribution < -0.4 is 5.32 Å². The zero-order valence-corrected chi connectivity index (χ0v) is 13.4. The van der Waals surface area contributed by atoms with Gasteiger partial charge >= 0.3 is 0 Å². The van der Waals surface area contributed by atoms with E-state index in [0.717, 1.165) is 24.2 Å². The van der Waals surface area contributed by atoms with Crippen LogP contribution in [0, 0.1) is 12.8 Å². The molecule has 1 aliphatic carbocycles. The minimum Gasteiger partial charge on any atom is -0.349 e. The number of carbonyl (C=O) groups is 1. The Hall–Kier alpha value is -2.10. The van der Waals surface area contributed by atoms with E-state index in [0.29, 0.717) is 5.92 Å². The summed E-state index contributed by atoms with van der Waals surface area (Å²) < 4.78 is 1.91. The van der Waals surface area contributed by atoms with Crippen molar-refractivity contribution in [1.82, 2.24) is 15.1 Å². The van der Waals surface area contributed by atoms with Gasteiger partial charge in [0.1, 0.15) is 0 Å². The first kappa shape index (κ1) is 14.8. The van der Waals surface area contributed by atoms with E-state index in [1.54, 1.807) is 0 Å². The highest BCUT2D eigenvalue weighted by Gasteiger charge is 2.44. The molecule has 1 N–H and O–H groups in total. The second-order valence-corrected chi connectivity index (χ2v) is 6.12. The number of rotatable bonds is 5. The van der Waals surface area contributed by atoms with Gasteiger partial charge in [-0.1, -0.05) is 30.3 Å². The molecule has 1 saturated carbocycles. The number of aromatic nitrogens is 2. The molecule has 1 aliphatic rings. The van der Waals surface area contributed by atoms with Gasteiger partial charge in [0.2, 0.25) is 5.91 Å². The number of hydrogen-bond donors (Lipinski definition) is 1. The summed E-state index contributed by atoms with van der Waals surface area (Å²) in [6.07, 6.45) is 2.98. The second kappa shape index (κ2) is 5.95. The topological polar surface area (TPSA) is 46.9 Å². The van der Waals surface area contributed by atoms with Gasteiger partial charge in [-0.05, 0) is 38.7 Å². The highest BCUT2D eigenvalue weighted by molar-refractivity contribution is 5.83. The molecule has 1 heterocycles. The third kappa shape index (κ3) is 2.91. The van der Waals surface area contributed by atoms with Crippen molar-refractivity contribution in [2.45, 2.75) is 45.7 Å². The maximum atomic E-state index is 12.4. The third-order valence-corrected chi connectivity index (χ3v) is 4.49. The first-order valence-electron chi connectivity index (χ1n) is 7.99. The molecule has 0 aliphatic heterocycles. The molecule has 2 aromatic rings. The van der Waals surface area contributed by atoms with Gasteiger partial charge in [0, 0.05) is 24.2 Å². The zero-order valence-electron chi connectivity index (χ0n) is 13.4. The quantitative estimate of drug-likeness (QED) is 0.921. The summed E-state index contributed by atoms with van der Waals surface area (Å²) in [6, 6.07) is 10.3. The van der Waals surface area contributed by atoms with Gasteiger partial charge < -0.3 is 5.32 Å². The van der Waals surface area contributed by atoms with Crippen LogP contribution in [-0.4, -0.2) is 15.7 Å². The Balaban J connectivity index is 1.62. The molecule has 3 unspecified atom stereocenters. The summed E-state index contributed by atoms with van der Waals surface area (Å²) in [5.41, 5.74) is 3.36. The zero-order chi connectivity index (χ0) is 15.7. The standard InChI is InChI=1S/C18H23N3O/c1-4-21-11-17(13(3)20-21)12(2)19-18(22)16-10-15(16)14-8-6-5-7-9-14/h5-9,11-12,15-16H,4,10H2,1-3H3,(H,19,22). The third-order valence-electron chi connectivity index (χ3n) is 4.49. The van der Waals surface area contributed by atoms with Crippen LogP contribution in [0.2, 0.25) is 0 Å². The van der Waals surface area contributed by atoms with E-state index in [1.165, 1.54) is 5.56 Å². The molecule has 0 radical (unpaired) electrons. The van der Waals surface area contributed by atoms with E-state index < -0.39 is 0 Å². The predicted octanol–water partition coefficient (Wildman–Crippen LogP) is 3.19. The highest BCUT2D eigenvalue weighted by atomic mass is 16.2. The number of nitrogens with zero attached hydrogens (tertiary/aromatic N) is 2. The van der Waals surface area contributed by atoms with Crippen molar-refractivity contribution >= 4 is 5.91 Å². The Labute approximate surface area is 131 Å². The summed E-state index contributed by atoms with van der Waals surface area (Å²) >= 11 is 0. The summed E-state index contributed by atoms with van der Waals surface area (Å²) in [5, 5.41) is 7.59. The van der Waals surface area contributed by atoms with Crippen molar-refractivity contribution in [3.63, 3.8) is 0 Å². The van der Waals surface area contributed by atoms with Crippen LogP contribution in [0.1, 0.15) is 49.0 Å². The lowest BCUT2D eigenvalue weighted by atomic mass is 10.1. The number of benzene rings is 1. The van der Waals surface area contributed by atoms with Gasteiger partial charge in [-0.2, -0.15) is 5.10 Å². The van der Waals surface area contributed by atoms with E-state index in [9.17, 15) is 4.79 Å². The number of hydrogen-bond acceptors (Lipinski definition) is 2. The van der Waals surface area contributed by atoms with Gasteiger partial charge in [-0.25, -0.2) is 0 Å². The minimum atomic E-state index is 0.00447. The van der Waals surface area contributed by atoms with E-state index in [-0.39, 0.29) is 17.9 Å². The van der Waals surface area contributed by atoms with Crippen LogP contribution in [-0.2, 0) is 11.3 Å². The first-order chi connectivity index (χ1) is 10.6. The molecule has 4 heteroatoms. The van der Waals surface area contributed by atoms with Gasteiger partial charge in [0.05, 0.1) is 11.7 Å². The summed E-state index contributed by atoms with van der Waals surface area (Å²) in [5.74, 6) is 0.657. The maximum Gasteiger partial charge on any atom is 0.224 e. The average Bonchev–Trinajstić information content (AvgIpc) is 3.24. The molecule has 1 fully saturated rings. The Kier molecular flexibility index (Phi) is 4.01. The van der Waals surface area contributed by atoms with Crippen LogP contribution in [0.25, 0.3) is 0 Å². The van der Waals surface area contributed by atoms with E-state index in [1.807, 2.05) is 42.9 Å². The van der Waals surface area contributed by atoms with Gasteiger partial charge in [-0.3, -0.25) is 9.48 Å². The van der Waals surface area contributed by atoms with Gasteiger partial charge in [0.15, 0.2) is 0 Å². The number of amides is 1. The van der Waals surface area contributed by atoms with E-state index >= 15 is 0 Å². The van der Waals surface area contributed by atoms with Crippen molar-refractivity contribution in [1.29, 1.82) is 0 Å². The second-order valence-electron chi connectivity index (χ2n) is 6.12.